The number of rotatable bonds is 5. The molecular formula is C16H22O. The second-order valence-electron chi connectivity index (χ2n) is 5.54. The fraction of sp³-hybridized carbons (Fsp3) is 0.562. The van der Waals surface area contributed by atoms with E-state index in [0.717, 1.165) is 38.5 Å². The highest BCUT2D eigenvalue weighted by molar-refractivity contribution is 5.80. The van der Waals surface area contributed by atoms with E-state index in [-0.39, 0.29) is 5.41 Å². The van der Waals surface area contributed by atoms with Crippen LogP contribution in [0.3, 0.4) is 0 Å². The molecule has 0 unspecified atom stereocenters. The van der Waals surface area contributed by atoms with Crippen molar-refractivity contribution >= 4 is 5.78 Å². The van der Waals surface area contributed by atoms with Crippen LogP contribution in [0.2, 0.25) is 0 Å². The van der Waals surface area contributed by atoms with Gasteiger partial charge in [0.2, 0.25) is 0 Å². The number of aryl methyl sites for hydroxylation is 1. The summed E-state index contributed by atoms with van der Waals surface area (Å²) < 4.78 is 0. The van der Waals surface area contributed by atoms with Gasteiger partial charge in [-0.15, -0.1) is 0 Å². The highest BCUT2D eigenvalue weighted by atomic mass is 16.1. The predicted molar refractivity (Wildman–Crippen MR) is 71.3 cm³/mol. The van der Waals surface area contributed by atoms with Gasteiger partial charge in [0.25, 0.3) is 0 Å². The van der Waals surface area contributed by atoms with Crippen molar-refractivity contribution in [3.05, 3.63) is 35.4 Å². The van der Waals surface area contributed by atoms with Crippen molar-refractivity contribution in [2.75, 3.05) is 0 Å². The summed E-state index contributed by atoms with van der Waals surface area (Å²) in [6.45, 7) is 4.39. The van der Waals surface area contributed by atoms with Crippen LogP contribution in [0.15, 0.2) is 24.3 Å². The molecule has 0 aliphatic heterocycles. The quantitative estimate of drug-likeness (QED) is 0.746. The van der Waals surface area contributed by atoms with E-state index in [1.165, 1.54) is 11.1 Å². The van der Waals surface area contributed by atoms with Crippen LogP contribution in [-0.4, -0.2) is 5.78 Å². The summed E-state index contributed by atoms with van der Waals surface area (Å²) in [7, 11) is 0. The van der Waals surface area contributed by atoms with Crippen LogP contribution in [0.1, 0.15) is 57.1 Å². The largest absolute Gasteiger partial charge is 0.300 e. The summed E-state index contributed by atoms with van der Waals surface area (Å²) >= 11 is 0. The van der Waals surface area contributed by atoms with Gasteiger partial charge in [-0.25, -0.2) is 0 Å². The Hall–Kier alpha value is -1.11. The van der Waals surface area contributed by atoms with Crippen molar-refractivity contribution in [1.29, 1.82) is 0 Å². The van der Waals surface area contributed by atoms with Crippen molar-refractivity contribution in [3.8, 4) is 0 Å². The highest BCUT2D eigenvalue weighted by Crippen LogP contribution is 2.41. The zero-order chi connectivity index (χ0) is 12.3. The van der Waals surface area contributed by atoms with Gasteiger partial charge in [-0.1, -0.05) is 44.5 Å². The molecule has 0 radical (unpaired) electrons. The van der Waals surface area contributed by atoms with E-state index in [0.29, 0.717) is 5.78 Å². The van der Waals surface area contributed by atoms with Gasteiger partial charge in [0, 0.05) is 12.8 Å². The number of hydrogen-bond donors (Lipinski definition) is 0. The molecule has 0 N–H and O–H groups in total. The molecule has 92 valence electrons. The fourth-order valence-corrected chi connectivity index (χ4v) is 2.95. The Morgan fingerprint density at radius 1 is 1.35 bits per heavy atom. The highest BCUT2D eigenvalue weighted by Gasteiger charge is 2.35. The summed E-state index contributed by atoms with van der Waals surface area (Å²) in [6.07, 6.45) is 5.89. The Morgan fingerprint density at radius 3 is 2.88 bits per heavy atom. The first-order valence-corrected chi connectivity index (χ1v) is 6.76. The zero-order valence-corrected chi connectivity index (χ0v) is 11.0. The zero-order valence-electron chi connectivity index (χ0n) is 11.0. The molecule has 0 amide bonds. The maximum Gasteiger partial charge on any atom is 0.133 e. The standard InChI is InChI=1S/C16H22O/c1-3-4-8-14(17)12-16(2)11-10-13-7-5-6-9-15(13)16/h5-7,9H,3-4,8,10-12H2,1-2H3/t16-/m0/s1. The first-order valence-electron chi connectivity index (χ1n) is 6.76. The number of benzene rings is 1. The number of fused-ring (bicyclic) bond motifs is 1. The average Bonchev–Trinajstić information content (AvgIpc) is 2.65. The van der Waals surface area contributed by atoms with E-state index in [4.69, 9.17) is 0 Å². The van der Waals surface area contributed by atoms with Crippen molar-refractivity contribution in [2.45, 2.75) is 57.8 Å². The number of ketones is 1. The van der Waals surface area contributed by atoms with Crippen molar-refractivity contribution in [3.63, 3.8) is 0 Å². The van der Waals surface area contributed by atoms with Gasteiger partial charge >= 0.3 is 0 Å². The molecule has 1 aliphatic rings. The SMILES string of the molecule is CCCCC(=O)C[C@]1(C)CCc2ccccc21. The molecule has 1 nitrogen and oxygen atoms in total. The molecule has 1 heteroatoms. The molecule has 0 aromatic heterocycles. The van der Waals surface area contributed by atoms with Gasteiger partial charge in [-0.05, 0) is 35.8 Å². The average molecular weight is 230 g/mol. The minimum Gasteiger partial charge on any atom is -0.300 e. The number of carbonyl (C=O) groups is 1. The van der Waals surface area contributed by atoms with Gasteiger partial charge in [-0.2, -0.15) is 0 Å². The number of hydrogen-bond acceptors (Lipinski definition) is 1. The molecule has 17 heavy (non-hydrogen) atoms. The maximum absolute atomic E-state index is 12.0. The molecule has 1 aromatic rings. The van der Waals surface area contributed by atoms with Gasteiger partial charge in [-0.3, -0.25) is 4.79 Å². The Bertz CT molecular complexity index is 408. The Labute approximate surface area is 104 Å². The molecule has 2 rings (SSSR count). The molecule has 1 atom stereocenters. The molecule has 0 spiro atoms. The van der Waals surface area contributed by atoms with E-state index in [1.807, 2.05) is 0 Å². The Balaban J connectivity index is 2.08. The fourth-order valence-electron chi connectivity index (χ4n) is 2.95. The molecule has 0 saturated heterocycles. The van der Waals surface area contributed by atoms with E-state index < -0.39 is 0 Å². The van der Waals surface area contributed by atoms with Gasteiger partial charge in [0.15, 0.2) is 0 Å². The van der Waals surface area contributed by atoms with Gasteiger partial charge < -0.3 is 0 Å². The monoisotopic (exact) mass is 230 g/mol. The third-order valence-corrected chi connectivity index (χ3v) is 4.01. The van der Waals surface area contributed by atoms with Gasteiger partial charge in [0.05, 0.1) is 0 Å². The summed E-state index contributed by atoms with van der Waals surface area (Å²) in [5.74, 6) is 0.436. The molecule has 0 saturated carbocycles. The van der Waals surface area contributed by atoms with Crippen LogP contribution >= 0.6 is 0 Å². The second kappa shape index (κ2) is 5.03. The first-order chi connectivity index (χ1) is 8.15. The van der Waals surface area contributed by atoms with E-state index in [1.54, 1.807) is 0 Å². The third-order valence-electron chi connectivity index (χ3n) is 4.01. The van der Waals surface area contributed by atoms with E-state index in [2.05, 4.69) is 38.1 Å². The van der Waals surface area contributed by atoms with Crippen LogP contribution in [0.5, 0.6) is 0 Å². The Morgan fingerprint density at radius 2 is 2.12 bits per heavy atom. The molecular weight excluding hydrogens is 208 g/mol. The third kappa shape index (κ3) is 2.59. The minimum atomic E-state index is 0.0986. The smallest absolute Gasteiger partial charge is 0.133 e. The first kappa shape index (κ1) is 12.3. The number of Topliss-reactive ketones (excluding diaryl/α,β-unsaturated/α-hetero) is 1. The summed E-state index contributed by atoms with van der Waals surface area (Å²) in [5, 5.41) is 0. The summed E-state index contributed by atoms with van der Waals surface area (Å²) in [5.41, 5.74) is 2.95. The van der Waals surface area contributed by atoms with Crippen molar-refractivity contribution in [1.82, 2.24) is 0 Å². The number of unbranched alkanes of at least 4 members (excludes halogenated alkanes) is 1. The lowest BCUT2D eigenvalue weighted by Gasteiger charge is -2.24. The van der Waals surface area contributed by atoms with Crippen molar-refractivity contribution in [2.24, 2.45) is 0 Å². The lowest BCUT2D eigenvalue weighted by atomic mass is 9.79. The maximum atomic E-state index is 12.0. The summed E-state index contributed by atoms with van der Waals surface area (Å²) in [6, 6.07) is 8.61. The van der Waals surface area contributed by atoms with E-state index >= 15 is 0 Å². The van der Waals surface area contributed by atoms with Gasteiger partial charge in [0.1, 0.15) is 5.78 Å². The molecule has 0 bridgehead atoms. The Kier molecular flexibility index (Phi) is 3.66. The summed E-state index contributed by atoms with van der Waals surface area (Å²) in [4.78, 5) is 12.0. The van der Waals surface area contributed by atoms with E-state index in [9.17, 15) is 4.79 Å². The molecule has 0 heterocycles. The molecule has 1 aliphatic carbocycles. The molecule has 0 fully saturated rings. The second-order valence-corrected chi connectivity index (χ2v) is 5.54. The number of carbonyl (C=O) groups excluding carboxylic acids is 1. The van der Waals surface area contributed by atoms with Crippen LogP contribution in [-0.2, 0) is 16.6 Å². The molecule has 1 aromatic carbocycles. The van der Waals surface area contributed by atoms with Crippen LogP contribution < -0.4 is 0 Å². The van der Waals surface area contributed by atoms with Crippen LogP contribution in [0.25, 0.3) is 0 Å². The van der Waals surface area contributed by atoms with Crippen LogP contribution in [0.4, 0.5) is 0 Å². The lowest BCUT2D eigenvalue weighted by Crippen LogP contribution is -2.22. The van der Waals surface area contributed by atoms with Crippen molar-refractivity contribution < 1.29 is 4.79 Å². The van der Waals surface area contributed by atoms with Crippen LogP contribution in [0, 0.1) is 0 Å². The minimum absolute atomic E-state index is 0.0986. The normalized spacial score (nSPS) is 22.5. The lowest BCUT2D eigenvalue weighted by molar-refractivity contribution is -0.120. The predicted octanol–water partition coefficient (Wildman–Crippen LogP) is 4.04. The topological polar surface area (TPSA) is 17.1 Å².